The molecule has 0 spiro atoms. The van der Waals surface area contributed by atoms with Crippen molar-refractivity contribution in [1.82, 2.24) is 35.2 Å². The molecule has 1 atom stereocenters. The van der Waals surface area contributed by atoms with Crippen LogP contribution < -0.4 is 10.6 Å². The van der Waals surface area contributed by atoms with E-state index in [0.717, 1.165) is 24.1 Å². The van der Waals surface area contributed by atoms with E-state index in [1.807, 2.05) is 6.92 Å². The number of carbonyl (C=O) groups is 4. The molecule has 3 aliphatic rings. The molecule has 1 unspecified atom stereocenters. The zero-order valence-corrected chi connectivity index (χ0v) is 19.4. The normalized spacial score (nSPS) is 19.3. The van der Waals surface area contributed by atoms with Crippen molar-refractivity contribution < 1.29 is 19.2 Å². The molecule has 1 saturated heterocycles. The van der Waals surface area contributed by atoms with E-state index in [2.05, 4.69) is 30.9 Å². The number of aromatic nitrogens is 5. The number of benzene rings is 1. The first-order valence-electron chi connectivity index (χ1n) is 11.7. The fourth-order valence-corrected chi connectivity index (χ4v) is 4.64. The molecule has 0 bridgehead atoms. The molecule has 2 fully saturated rings. The van der Waals surface area contributed by atoms with Crippen molar-refractivity contribution in [3.63, 3.8) is 0 Å². The minimum absolute atomic E-state index is 0.124. The summed E-state index contributed by atoms with van der Waals surface area (Å²) < 4.78 is 1.46. The van der Waals surface area contributed by atoms with Crippen LogP contribution in [-0.4, -0.2) is 59.5 Å². The number of hydrogen-bond acceptors (Lipinski definition) is 8. The number of anilines is 1. The predicted octanol–water partition coefficient (Wildman–Crippen LogP) is 1.26. The minimum Gasteiger partial charge on any atom is -0.322 e. The molecule has 12 heteroatoms. The SMILES string of the molecule is Cc1ncc(NC(=O)c2cn(-c3ccc4c(c3)CN(C3CCC(=O)NC3=O)C4=O)nn2)c(C2CC2)n1. The monoisotopic (exact) mass is 486 g/mol. The van der Waals surface area contributed by atoms with Gasteiger partial charge in [-0.2, -0.15) is 0 Å². The van der Waals surface area contributed by atoms with Crippen LogP contribution >= 0.6 is 0 Å². The van der Waals surface area contributed by atoms with Crippen LogP contribution in [0.15, 0.2) is 30.6 Å². The van der Waals surface area contributed by atoms with Crippen molar-refractivity contribution in [2.24, 2.45) is 0 Å². The first-order chi connectivity index (χ1) is 17.4. The maximum absolute atomic E-state index is 12.9. The number of aryl methyl sites for hydroxylation is 1. The average molecular weight is 486 g/mol. The van der Waals surface area contributed by atoms with Gasteiger partial charge in [-0.15, -0.1) is 5.10 Å². The zero-order chi connectivity index (χ0) is 25.0. The summed E-state index contributed by atoms with van der Waals surface area (Å²) in [5, 5.41) is 13.2. The number of fused-ring (bicyclic) bond motifs is 1. The number of nitrogens with zero attached hydrogens (tertiary/aromatic N) is 6. The quantitative estimate of drug-likeness (QED) is 0.511. The molecule has 1 aromatic carbocycles. The standard InChI is InChI=1S/C24H22N8O4/c1-12-25-9-17(21(26-12)13-2-3-13)27-22(34)18-11-32(30-29-18)15-4-5-16-14(8-15)10-31(24(16)36)19-6-7-20(33)28-23(19)35/h4-5,8-9,11,13,19H,2-3,6-7,10H2,1H3,(H,27,34)(H,28,33,35). The molecule has 36 heavy (non-hydrogen) atoms. The molecular weight excluding hydrogens is 464 g/mol. The molecule has 2 aromatic heterocycles. The van der Waals surface area contributed by atoms with Crippen LogP contribution in [0.1, 0.15) is 69.5 Å². The second-order valence-electron chi connectivity index (χ2n) is 9.23. The molecule has 0 radical (unpaired) electrons. The Hall–Kier alpha value is -4.48. The number of rotatable bonds is 5. The Labute approximate surface area is 205 Å². The third kappa shape index (κ3) is 3.89. The van der Waals surface area contributed by atoms with Crippen molar-refractivity contribution in [3.8, 4) is 5.69 Å². The Morgan fingerprint density at radius 2 is 2.00 bits per heavy atom. The third-order valence-electron chi connectivity index (χ3n) is 6.65. The van der Waals surface area contributed by atoms with Gasteiger partial charge in [-0.1, -0.05) is 5.21 Å². The fourth-order valence-electron chi connectivity index (χ4n) is 4.64. The summed E-state index contributed by atoms with van der Waals surface area (Å²) in [6, 6.07) is 4.49. The van der Waals surface area contributed by atoms with Gasteiger partial charge in [0.05, 0.1) is 29.5 Å². The van der Waals surface area contributed by atoms with Crippen LogP contribution in [0.2, 0.25) is 0 Å². The maximum Gasteiger partial charge on any atom is 0.277 e. The van der Waals surface area contributed by atoms with E-state index in [4.69, 9.17) is 0 Å². The van der Waals surface area contributed by atoms with Gasteiger partial charge >= 0.3 is 0 Å². The van der Waals surface area contributed by atoms with Gasteiger partial charge in [0.15, 0.2) is 5.69 Å². The number of imide groups is 1. The molecule has 6 rings (SSSR count). The van der Waals surface area contributed by atoms with Crippen molar-refractivity contribution in [2.75, 3.05) is 5.32 Å². The number of carbonyl (C=O) groups excluding carboxylic acids is 4. The first-order valence-corrected chi connectivity index (χ1v) is 11.7. The van der Waals surface area contributed by atoms with E-state index in [1.165, 1.54) is 15.8 Å². The lowest BCUT2D eigenvalue weighted by atomic mass is 10.0. The smallest absolute Gasteiger partial charge is 0.277 e. The average Bonchev–Trinajstić information content (AvgIpc) is 3.49. The van der Waals surface area contributed by atoms with Gasteiger partial charge in [-0.25, -0.2) is 14.6 Å². The second-order valence-corrected chi connectivity index (χ2v) is 9.23. The highest BCUT2D eigenvalue weighted by molar-refractivity contribution is 6.05. The summed E-state index contributed by atoms with van der Waals surface area (Å²) in [6.07, 6.45) is 5.70. The third-order valence-corrected chi connectivity index (χ3v) is 6.65. The summed E-state index contributed by atoms with van der Waals surface area (Å²) in [6.45, 7) is 2.06. The molecule has 3 aromatic rings. The van der Waals surface area contributed by atoms with E-state index in [0.29, 0.717) is 35.1 Å². The van der Waals surface area contributed by atoms with E-state index < -0.39 is 17.9 Å². The van der Waals surface area contributed by atoms with Gasteiger partial charge in [0, 0.05) is 24.4 Å². The number of amides is 4. The van der Waals surface area contributed by atoms with Gasteiger partial charge < -0.3 is 10.2 Å². The lowest BCUT2D eigenvalue weighted by Gasteiger charge is -2.29. The molecule has 1 saturated carbocycles. The predicted molar refractivity (Wildman–Crippen MR) is 124 cm³/mol. The maximum atomic E-state index is 12.9. The number of piperidine rings is 1. The largest absolute Gasteiger partial charge is 0.322 e. The van der Waals surface area contributed by atoms with Crippen LogP contribution in [-0.2, 0) is 16.1 Å². The Morgan fingerprint density at radius 1 is 1.17 bits per heavy atom. The number of hydrogen-bond donors (Lipinski definition) is 2. The van der Waals surface area contributed by atoms with Crippen LogP contribution in [0.4, 0.5) is 5.69 Å². The van der Waals surface area contributed by atoms with E-state index >= 15 is 0 Å². The topological polar surface area (TPSA) is 152 Å². The lowest BCUT2D eigenvalue weighted by molar-refractivity contribution is -0.136. The molecule has 2 N–H and O–H groups in total. The van der Waals surface area contributed by atoms with Crippen LogP contribution in [0.25, 0.3) is 5.69 Å². The summed E-state index contributed by atoms with van der Waals surface area (Å²) in [4.78, 5) is 59.6. The van der Waals surface area contributed by atoms with Gasteiger partial charge in [-0.05, 0) is 49.9 Å². The van der Waals surface area contributed by atoms with Crippen molar-refractivity contribution in [1.29, 1.82) is 0 Å². The molecule has 4 amide bonds. The Morgan fingerprint density at radius 3 is 2.78 bits per heavy atom. The van der Waals surface area contributed by atoms with Crippen LogP contribution in [0.3, 0.4) is 0 Å². The van der Waals surface area contributed by atoms with Crippen molar-refractivity contribution in [2.45, 2.75) is 51.1 Å². The zero-order valence-electron chi connectivity index (χ0n) is 19.4. The molecule has 12 nitrogen and oxygen atoms in total. The Bertz CT molecular complexity index is 1440. The lowest BCUT2D eigenvalue weighted by Crippen LogP contribution is -2.52. The van der Waals surface area contributed by atoms with Gasteiger partial charge in [0.2, 0.25) is 11.8 Å². The Kier molecular flexibility index (Phi) is 5.09. The fraction of sp³-hybridized carbons (Fsp3) is 0.333. The van der Waals surface area contributed by atoms with E-state index in [-0.39, 0.29) is 30.5 Å². The molecular formula is C24H22N8O4. The van der Waals surface area contributed by atoms with E-state index in [9.17, 15) is 19.2 Å². The van der Waals surface area contributed by atoms with Crippen molar-refractivity contribution in [3.05, 3.63) is 58.9 Å². The summed E-state index contributed by atoms with van der Waals surface area (Å²) in [5.74, 6) is -0.457. The second kappa shape index (κ2) is 8.33. The van der Waals surface area contributed by atoms with Gasteiger partial charge in [0.25, 0.3) is 11.8 Å². The van der Waals surface area contributed by atoms with Crippen LogP contribution in [0.5, 0.6) is 0 Å². The number of nitrogens with one attached hydrogen (secondary N) is 2. The van der Waals surface area contributed by atoms with Crippen molar-refractivity contribution >= 4 is 29.3 Å². The Balaban J connectivity index is 1.19. The van der Waals surface area contributed by atoms with Gasteiger partial charge in [-0.3, -0.25) is 24.5 Å². The minimum atomic E-state index is -0.681. The highest BCUT2D eigenvalue weighted by Gasteiger charge is 2.39. The first kappa shape index (κ1) is 22.0. The molecule has 4 heterocycles. The molecule has 182 valence electrons. The summed E-state index contributed by atoms with van der Waals surface area (Å²) in [5.41, 5.74) is 3.39. The highest BCUT2D eigenvalue weighted by Crippen LogP contribution is 2.42. The van der Waals surface area contributed by atoms with E-state index in [1.54, 1.807) is 24.4 Å². The summed E-state index contributed by atoms with van der Waals surface area (Å²) in [7, 11) is 0. The van der Waals surface area contributed by atoms with Crippen LogP contribution in [0, 0.1) is 6.92 Å². The molecule has 2 aliphatic heterocycles. The molecule has 1 aliphatic carbocycles. The summed E-state index contributed by atoms with van der Waals surface area (Å²) >= 11 is 0. The highest BCUT2D eigenvalue weighted by atomic mass is 16.2. The van der Waals surface area contributed by atoms with Gasteiger partial charge in [0.1, 0.15) is 11.9 Å².